The summed E-state index contributed by atoms with van der Waals surface area (Å²) in [6.45, 7) is 1.97. The number of ketones is 1. The van der Waals surface area contributed by atoms with Gasteiger partial charge in [-0.25, -0.2) is 0 Å². The average molecular weight is 297 g/mol. The quantitative estimate of drug-likeness (QED) is 0.533. The van der Waals surface area contributed by atoms with Crippen LogP contribution in [0.1, 0.15) is 23.7 Å². The van der Waals surface area contributed by atoms with E-state index in [1.165, 1.54) is 6.92 Å². The molecular weight excluding hydrogens is 278 g/mol. The third kappa shape index (κ3) is 5.63. The Labute approximate surface area is 122 Å². The Kier molecular flexibility index (Phi) is 7.11. The first-order chi connectivity index (χ1) is 9.52. The van der Waals surface area contributed by atoms with E-state index in [9.17, 15) is 9.59 Å². The molecule has 0 heterocycles. The Balaban J connectivity index is 2.25. The maximum absolute atomic E-state index is 11.4. The molecule has 0 aromatic heterocycles. The van der Waals surface area contributed by atoms with Crippen molar-refractivity contribution in [3.05, 3.63) is 29.8 Å². The number of carboxylic acid groups (broad SMARTS) is 1. The van der Waals surface area contributed by atoms with Crippen LogP contribution in [0, 0.1) is 0 Å². The lowest BCUT2D eigenvalue weighted by atomic mass is 10.1. The van der Waals surface area contributed by atoms with Gasteiger partial charge in [0.2, 0.25) is 0 Å². The van der Waals surface area contributed by atoms with Gasteiger partial charge in [-0.15, -0.1) is 0 Å². The van der Waals surface area contributed by atoms with Gasteiger partial charge in [0.1, 0.15) is 11.8 Å². The third-order valence-corrected chi connectivity index (χ3v) is 3.62. The second-order valence-corrected chi connectivity index (χ2v) is 5.47. The summed E-state index contributed by atoms with van der Waals surface area (Å²) in [6.07, 6.45) is 0.435. The van der Waals surface area contributed by atoms with Gasteiger partial charge in [0.05, 0.1) is 12.2 Å². The lowest BCUT2D eigenvalue weighted by Crippen LogP contribution is -2.30. The molecule has 0 spiro atoms. The number of thioether (sulfide) groups is 1. The molecule has 0 bridgehead atoms. The van der Waals surface area contributed by atoms with Gasteiger partial charge in [-0.2, -0.15) is 11.8 Å². The molecule has 1 rings (SSSR count). The lowest BCUT2D eigenvalue weighted by Gasteiger charge is -2.10. The normalized spacial score (nSPS) is 11.9. The van der Waals surface area contributed by atoms with E-state index in [1.807, 2.05) is 6.07 Å². The highest BCUT2D eigenvalue weighted by Crippen LogP contribution is 2.18. The minimum atomic E-state index is -0.975. The molecule has 1 atom stereocenters. The number of hydrogen-bond acceptors (Lipinski definition) is 5. The summed E-state index contributed by atoms with van der Waals surface area (Å²) in [4.78, 5) is 21.9. The van der Waals surface area contributed by atoms with Crippen LogP contribution in [0.25, 0.3) is 0 Å². The number of hydrogen-bond donors (Lipinski definition) is 2. The van der Waals surface area contributed by atoms with E-state index in [1.54, 1.807) is 30.0 Å². The van der Waals surface area contributed by atoms with Gasteiger partial charge in [0.15, 0.2) is 5.78 Å². The van der Waals surface area contributed by atoms with Gasteiger partial charge < -0.3 is 15.6 Å². The molecule has 0 fully saturated rings. The van der Waals surface area contributed by atoms with Crippen molar-refractivity contribution in [3.63, 3.8) is 0 Å². The van der Waals surface area contributed by atoms with Crippen molar-refractivity contribution in [1.82, 2.24) is 0 Å². The van der Waals surface area contributed by atoms with Crippen LogP contribution < -0.4 is 10.5 Å². The highest BCUT2D eigenvalue weighted by molar-refractivity contribution is 7.99. The summed E-state index contributed by atoms with van der Waals surface area (Å²) in [5, 5.41) is 8.63. The SMILES string of the molecule is CC(=O)c1ccccc1OCCSCCC(N)C(=O)O. The number of carbonyl (C=O) groups excluding carboxylic acids is 1. The first-order valence-corrected chi connectivity index (χ1v) is 7.46. The van der Waals surface area contributed by atoms with Crippen LogP contribution >= 0.6 is 11.8 Å². The Morgan fingerprint density at radius 1 is 1.35 bits per heavy atom. The summed E-state index contributed by atoms with van der Waals surface area (Å²) in [5.41, 5.74) is 5.97. The Bertz CT molecular complexity index is 464. The minimum Gasteiger partial charge on any atom is -0.492 e. The minimum absolute atomic E-state index is 0.0271. The zero-order valence-electron chi connectivity index (χ0n) is 11.4. The zero-order valence-corrected chi connectivity index (χ0v) is 12.2. The van der Waals surface area contributed by atoms with Crippen molar-refractivity contribution >= 4 is 23.5 Å². The van der Waals surface area contributed by atoms with E-state index in [2.05, 4.69) is 0 Å². The molecule has 1 aromatic rings. The second-order valence-electron chi connectivity index (χ2n) is 4.25. The maximum Gasteiger partial charge on any atom is 0.320 e. The van der Waals surface area contributed by atoms with Crippen LogP contribution in [0.3, 0.4) is 0 Å². The predicted octanol–water partition coefficient (Wildman–Crippen LogP) is 1.80. The number of carboxylic acids is 1. The largest absolute Gasteiger partial charge is 0.492 e. The van der Waals surface area contributed by atoms with Gasteiger partial charge in [-0.3, -0.25) is 9.59 Å². The number of benzene rings is 1. The summed E-state index contributed by atoms with van der Waals surface area (Å²) >= 11 is 1.58. The molecule has 1 unspecified atom stereocenters. The van der Waals surface area contributed by atoms with Crippen molar-refractivity contribution in [1.29, 1.82) is 0 Å². The summed E-state index contributed by atoms with van der Waals surface area (Å²) in [5.74, 6) is 0.977. The summed E-state index contributed by atoms with van der Waals surface area (Å²) < 4.78 is 5.56. The second kappa shape index (κ2) is 8.60. The van der Waals surface area contributed by atoms with E-state index in [0.29, 0.717) is 30.1 Å². The topological polar surface area (TPSA) is 89.6 Å². The molecule has 0 radical (unpaired) electrons. The highest BCUT2D eigenvalue weighted by Gasteiger charge is 2.10. The van der Waals surface area contributed by atoms with Crippen LogP contribution in [-0.2, 0) is 4.79 Å². The molecule has 110 valence electrons. The van der Waals surface area contributed by atoms with Crippen LogP contribution in [0.2, 0.25) is 0 Å². The first-order valence-electron chi connectivity index (χ1n) is 6.31. The van der Waals surface area contributed by atoms with Crippen LogP contribution in [0.5, 0.6) is 5.75 Å². The summed E-state index contributed by atoms with van der Waals surface area (Å²) in [6, 6.07) is 6.31. The number of rotatable bonds is 9. The fourth-order valence-electron chi connectivity index (χ4n) is 1.53. The molecule has 0 aliphatic rings. The van der Waals surface area contributed by atoms with Crippen molar-refractivity contribution in [2.45, 2.75) is 19.4 Å². The fraction of sp³-hybridized carbons (Fsp3) is 0.429. The van der Waals surface area contributed by atoms with Crippen LogP contribution in [-0.4, -0.2) is 41.0 Å². The number of ether oxygens (including phenoxy) is 1. The van der Waals surface area contributed by atoms with E-state index in [0.717, 1.165) is 5.75 Å². The molecular formula is C14H19NO4S. The molecule has 0 saturated heterocycles. The molecule has 0 saturated carbocycles. The standard InChI is InChI=1S/C14H19NO4S/c1-10(16)11-4-2-3-5-13(11)19-7-9-20-8-6-12(15)14(17)18/h2-5,12H,6-9,15H2,1H3,(H,17,18). The van der Waals surface area contributed by atoms with E-state index >= 15 is 0 Å². The van der Waals surface area contributed by atoms with E-state index in [4.69, 9.17) is 15.6 Å². The predicted molar refractivity (Wildman–Crippen MR) is 79.5 cm³/mol. The number of nitrogens with two attached hydrogens (primary N) is 1. The van der Waals surface area contributed by atoms with Gasteiger partial charge in [0, 0.05) is 5.75 Å². The molecule has 0 amide bonds. The number of Topliss-reactive ketones (excluding diaryl/α,β-unsaturated/α-hetero) is 1. The van der Waals surface area contributed by atoms with Crippen molar-refractivity contribution in [2.75, 3.05) is 18.1 Å². The lowest BCUT2D eigenvalue weighted by molar-refractivity contribution is -0.138. The van der Waals surface area contributed by atoms with Crippen molar-refractivity contribution in [3.8, 4) is 5.75 Å². The van der Waals surface area contributed by atoms with E-state index < -0.39 is 12.0 Å². The van der Waals surface area contributed by atoms with Gasteiger partial charge >= 0.3 is 5.97 Å². The molecule has 0 aliphatic carbocycles. The van der Waals surface area contributed by atoms with Crippen LogP contribution in [0.15, 0.2) is 24.3 Å². The zero-order chi connectivity index (χ0) is 15.0. The smallest absolute Gasteiger partial charge is 0.320 e. The van der Waals surface area contributed by atoms with E-state index in [-0.39, 0.29) is 5.78 Å². The molecule has 1 aromatic carbocycles. The van der Waals surface area contributed by atoms with Gasteiger partial charge in [0.25, 0.3) is 0 Å². The van der Waals surface area contributed by atoms with Crippen molar-refractivity contribution < 1.29 is 19.4 Å². The molecule has 20 heavy (non-hydrogen) atoms. The van der Waals surface area contributed by atoms with Crippen molar-refractivity contribution in [2.24, 2.45) is 5.73 Å². The number of aliphatic carboxylic acids is 1. The maximum atomic E-state index is 11.4. The number of carbonyl (C=O) groups is 2. The average Bonchev–Trinajstić information content (AvgIpc) is 2.42. The fourth-order valence-corrected chi connectivity index (χ4v) is 2.36. The highest BCUT2D eigenvalue weighted by atomic mass is 32.2. The number of para-hydroxylation sites is 1. The molecule has 0 aliphatic heterocycles. The summed E-state index contributed by atoms with van der Waals surface area (Å²) in [7, 11) is 0. The van der Waals surface area contributed by atoms with Gasteiger partial charge in [-0.1, -0.05) is 12.1 Å². The Hall–Kier alpha value is -1.53. The van der Waals surface area contributed by atoms with Gasteiger partial charge in [-0.05, 0) is 31.2 Å². The molecule has 5 nitrogen and oxygen atoms in total. The monoisotopic (exact) mass is 297 g/mol. The molecule has 6 heteroatoms. The Morgan fingerprint density at radius 3 is 2.70 bits per heavy atom. The Morgan fingerprint density at radius 2 is 2.05 bits per heavy atom. The first kappa shape index (κ1) is 16.5. The van der Waals surface area contributed by atoms with Crippen LogP contribution in [0.4, 0.5) is 0 Å². The molecule has 3 N–H and O–H groups in total. The third-order valence-electron chi connectivity index (χ3n) is 2.64.